The van der Waals surface area contributed by atoms with Crippen molar-refractivity contribution in [2.24, 2.45) is 0 Å². The van der Waals surface area contributed by atoms with E-state index in [1.54, 1.807) is 24.0 Å². The average Bonchev–Trinajstić information content (AvgIpc) is 2.48. The van der Waals surface area contributed by atoms with Crippen LogP contribution in [-0.2, 0) is 6.54 Å². The van der Waals surface area contributed by atoms with E-state index in [1.807, 2.05) is 19.2 Å². The molecule has 0 atom stereocenters. The van der Waals surface area contributed by atoms with Crippen LogP contribution in [0.2, 0.25) is 0 Å². The minimum atomic E-state index is 0.446. The van der Waals surface area contributed by atoms with E-state index in [-0.39, 0.29) is 0 Å². The summed E-state index contributed by atoms with van der Waals surface area (Å²) in [6.45, 7) is 0.822. The smallest absolute Gasteiger partial charge is 0.140 e. The van der Waals surface area contributed by atoms with E-state index in [1.165, 1.54) is 10.5 Å². The Morgan fingerprint density at radius 2 is 1.95 bits per heavy atom. The Kier molecular flexibility index (Phi) is 4.43. The van der Waals surface area contributed by atoms with Crippen molar-refractivity contribution >= 4 is 17.4 Å². The quantitative estimate of drug-likeness (QED) is 0.798. The summed E-state index contributed by atoms with van der Waals surface area (Å²) < 4.78 is 0. The number of pyridine rings is 1. The number of nitriles is 1. The molecule has 0 N–H and O–H groups in total. The van der Waals surface area contributed by atoms with Crippen LogP contribution in [0.1, 0.15) is 11.3 Å². The van der Waals surface area contributed by atoms with Crippen molar-refractivity contribution in [1.82, 2.24) is 4.98 Å². The van der Waals surface area contributed by atoms with Crippen molar-refractivity contribution in [3.05, 3.63) is 53.9 Å². The maximum Gasteiger partial charge on any atom is 0.140 e. The molecule has 0 unspecified atom stereocenters. The Hall–Kier alpha value is -1.99. The molecule has 0 aliphatic rings. The van der Waals surface area contributed by atoms with Crippen molar-refractivity contribution in [2.75, 3.05) is 18.2 Å². The van der Waals surface area contributed by atoms with Gasteiger partial charge in [-0.3, -0.25) is 0 Å². The first-order chi connectivity index (χ1) is 9.22. The standard InChI is InChI=1S/C15H15N3S/c1-18(14-6-5-13(9-16)17-10-14)11-12-3-7-15(19-2)8-4-12/h3-8,10H,11H2,1-2H3. The van der Waals surface area contributed by atoms with Gasteiger partial charge in [0.25, 0.3) is 0 Å². The van der Waals surface area contributed by atoms with Crippen molar-refractivity contribution in [3.8, 4) is 6.07 Å². The fraction of sp³-hybridized carbons (Fsp3) is 0.200. The number of nitrogens with zero attached hydrogens (tertiary/aromatic N) is 3. The minimum absolute atomic E-state index is 0.446. The zero-order valence-electron chi connectivity index (χ0n) is 11.0. The Morgan fingerprint density at radius 1 is 1.21 bits per heavy atom. The number of thioether (sulfide) groups is 1. The molecule has 1 heterocycles. The van der Waals surface area contributed by atoms with Gasteiger partial charge in [-0.25, -0.2) is 4.98 Å². The molecule has 0 saturated heterocycles. The second-order valence-electron chi connectivity index (χ2n) is 4.22. The highest BCUT2D eigenvalue weighted by Crippen LogP contribution is 2.18. The number of hydrogen-bond acceptors (Lipinski definition) is 4. The van der Waals surface area contributed by atoms with Crippen LogP contribution in [0.3, 0.4) is 0 Å². The van der Waals surface area contributed by atoms with Crippen LogP contribution in [0.5, 0.6) is 0 Å². The molecular formula is C15H15N3S. The lowest BCUT2D eigenvalue weighted by atomic mass is 10.2. The summed E-state index contributed by atoms with van der Waals surface area (Å²) in [5.74, 6) is 0. The van der Waals surface area contributed by atoms with Gasteiger partial charge in [-0.1, -0.05) is 12.1 Å². The minimum Gasteiger partial charge on any atom is -0.369 e. The van der Waals surface area contributed by atoms with E-state index in [2.05, 4.69) is 40.4 Å². The molecule has 0 saturated carbocycles. The highest BCUT2D eigenvalue weighted by molar-refractivity contribution is 7.98. The first-order valence-electron chi connectivity index (χ1n) is 5.93. The van der Waals surface area contributed by atoms with Crippen LogP contribution in [0, 0.1) is 11.3 Å². The second-order valence-corrected chi connectivity index (χ2v) is 5.10. The van der Waals surface area contributed by atoms with Gasteiger partial charge in [-0.15, -0.1) is 11.8 Å². The lowest BCUT2D eigenvalue weighted by Crippen LogP contribution is -2.16. The predicted molar refractivity (Wildman–Crippen MR) is 79.3 cm³/mol. The molecule has 19 heavy (non-hydrogen) atoms. The number of hydrogen-bond donors (Lipinski definition) is 0. The number of aromatic nitrogens is 1. The molecule has 0 fully saturated rings. The zero-order valence-corrected chi connectivity index (χ0v) is 11.8. The van der Waals surface area contributed by atoms with Gasteiger partial charge in [0, 0.05) is 18.5 Å². The summed E-state index contributed by atoms with van der Waals surface area (Å²) >= 11 is 1.74. The molecule has 0 bridgehead atoms. The molecular weight excluding hydrogens is 254 g/mol. The molecule has 4 heteroatoms. The van der Waals surface area contributed by atoms with Gasteiger partial charge in [0.1, 0.15) is 11.8 Å². The van der Waals surface area contributed by atoms with Crippen LogP contribution < -0.4 is 4.90 Å². The molecule has 1 aromatic heterocycles. The lowest BCUT2D eigenvalue weighted by molar-refractivity contribution is 0.915. The molecule has 0 radical (unpaired) electrons. The van der Waals surface area contributed by atoms with Gasteiger partial charge >= 0.3 is 0 Å². The molecule has 2 rings (SSSR count). The second kappa shape index (κ2) is 6.26. The van der Waals surface area contributed by atoms with E-state index in [0.29, 0.717) is 5.69 Å². The SMILES string of the molecule is CSc1ccc(CN(C)c2ccc(C#N)nc2)cc1. The Labute approximate surface area is 117 Å². The van der Waals surface area contributed by atoms with Crippen molar-refractivity contribution < 1.29 is 0 Å². The van der Waals surface area contributed by atoms with E-state index < -0.39 is 0 Å². The van der Waals surface area contributed by atoms with E-state index in [0.717, 1.165) is 12.2 Å². The first kappa shape index (κ1) is 13.4. The van der Waals surface area contributed by atoms with Crippen molar-refractivity contribution in [1.29, 1.82) is 5.26 Å². The molecule has 0 amide bonds. The zero-order chi connectivity index (χ0) is 13.7. The molecule has 0 aliphatic heterocycles. The largest absolute Gasteiger partial charge is 0.369 e. The molecule has 2 aromatic rings. The van der Waals surface area contributed by atoms with E-state index in [9.17, 15) is 0 Å². The number of benzene rings is 1. The highest BCUT2D eigenvalue weighted by Gasteiger charge is 2.03. The molecule has 0 spiro atoms. The predicted octanol–water partition coefficient (Wildman–Crippen LogP) is 3.31. The summed E-state index contributed by atoms with van der Waals surface area (Å²) in [5.41, 5.74) is 2.71. The first-order valence-corrected chi connectivity index (χ1v) is 7.15. The van der Waals surface area contributed by atoms with Crippen LogP contribution in [0.25, 0.3) is 0 Å². The molecule has 0 aliphatic carbocycles. The van der Waals surface area contributed by atoms with Crippen LogP contribution in [-0.4, -0.2) is 18.3 Å². The summed E-state index contributed by atoms with van der Waals surface area (Å²) in [4.78, 5) is 7.46. The third kappa shape index (κ3) is 3.49. The van der Waals surface area contributed by atoms with Crippen LogP contribution >= 0.6 is 11.8 Å². The normalized spacial score (nSPS) is 9.95. The van der Waals surface area contributed by atoms with Gasteiger partial charge in [0.15, 0.2) is 0 Å². The molecule has 1 aromatic carbocycles. The molecule has 3 nitrogen and oxygen atoms in total. The maximum atomic E-state index is 8.72. The van der Waals surface area contributed by atoms with Crippen LogP contribution in [0.4, 0.5) is 5.69 Å². The highest BCUT2D eigenvalue weighted by atomic mass is 32.2. The topological polar surface area (TPSA) is 39.9 Å². The third-order valence-corrected chi connectivity index (χ3v) is 3.63. The van der Waals surface area contributed by atoms with Gasteiger partial charge in [-0.05, 0) is 36.1 Å². The lowest BCUT2D eigenvalue weighted by Gasteiger charge is -2.19. The van der Waals surface area contributed by atoms with E-state index in [4.69, 9.17) is 5.26 Å². The Balaban J connectivity index is 2.06. The fourth-order valence-electron chi connectivity index (χ4n) is 1.77. The van der Waals surface area contributed by atoms with Crippen LogP contribution in [0.15, 0.2) is 47.5 Å². The summed E-state index contributed by atoms with van der Waals surface area (Å²) in [6.07, 6.45) is 3.80. The monoisotopic (exact) mass is 269 g/mol. The van der Waals surface area contributed by atoms with E-state index >= 15 is 0 Å². The maximum absolute atomic E-state index is 8.72. The summed E-state index contributed by atoms with van der Waals surface area (Å²) in [5, 5.41) is 8.72. The third-order valence-electron chi connectivity index (χ3n) is 2.88. The van der Waals surface area contributed by atoms with Crippen molar-refractivity contribution in [2.45, 2.75) is 11.4 Å². The van der Waals surface area contributed by atoms with Gasteiger partial charge in [0.05, 0.1) is 11.9 Å². The Morgan fingerprint density at radius 3 is 2.47 bits per heavy atom. The Bertz CT molecular complexity index is 570. The summed E-state index contributed by atoms with van der Waals surface area (Å²) in [6, 6.07) is 14.2. The number of anilines is 1. The number of rotatable bonds is 4. The molecule has 96 valence electrons. The van der Waals surface area contributed by atoms with Gasteiger partial charge in [0.2, 0.25) is 0 Å². The van der Waals surface area contributed by atoms with Gasteiger partial charge < -0.3 is 4.90 Å². The fourth-order valence-corrected chi connectivity index (χ4v) is 2.18. The van der Waals surface area contributed by atoms with Gasteiger partial charge in [-0.2, -0.15) is 5.26 Å². The average molecular weight is 269 g/mol. The van der Waals surface area contributed by atoms with Crippen molar-refractivity contribution in [3.63, 3.8) is 0 Å². The summed E-state index contributed by atoms with van der Waals surface area (Å²) in [7, 11) is 2.02.